The number of hydrogen-bond donors (Lipinski definition) is 3. The van der Waals surface area contributed by atoms with E-state index in [1.165, 1.54) is 6.07 Å². The number of benzene rings is 2. The van der Waals surface area contributed by atoms with Crippen LogP contribution in [0.2, 0.25) is 0 Å². The normalized spacial score (nSPS) is 11.2. The van der Waals surface area contributed by atoms with Crippen molar-refractivity contribution in [2.75, 3.05) is 33.9 Å². The maximum atomic E-state index is 13.5. The van der Waals surface area contributed by atoms with Gasteiger partial charge in [-0.3, -0.25) is 4.99 Å². The van der Waals surface area contributed by atoms with Crippen molar-refractivity contribution in [3.63, 3.8) is 0 Å². The molecular weight excluding hydrogens is 498 g/mol. The molecule has 3 rings (SSSR count). The Morgan fingerprint density at radius 2 is 1.90 bits per heavy atom. The lowest BCUT2D eigenvalue weighted by atomic mass is 10.1. The van der Waals surface area contributed by atoms with Crippen LogP contribution in [0.25, 0.3) is 10.9 Å². The number of fused-ring (bicyclic) bond motifs is 1. The lowest BCUT2D eigenvalue weighted by Gasteiger charge is -2.12. The fraction of sp³-hybridized carbons (Fsp3) is 0.318. The van der Waals surface area contributed by atoms with Crippen molar-refractivity contribution in [2.45, 2.75) is 13.0 Å². The highest BCUT2D eigenvalue weighted by Crippen LogP contribution is 2.19. The Labute approximate surface area is 193 Å². The van der Waals surface area contributed by atoms with Gasteiger partial charge in [0.2, 0.25) is 0 Å². The molecule has 0 saturated heterocycles. The third-order valence-corrected chi connectivity index (χ3v) is 4.58. The standard InChI is InChI=1S/C22H27FN4O2.HI/c1-24-22(27-14-16-3-6-19(7-4-16)29-12-11-28-2)25-10-9-17-15-26-21-8-5-18(23)13-20(17)21;/h3-8,13,15,26H,9-12,14H2,1-2H3,(H2,24,25,27);1H. The van der Waals surface area contributed by atoms with Gasteiger partial charge in [-0.1, -0.05) is 12.1 Å². The van der Waals surface area contributed by atoms with Gasteiger partial charge in [-0.2, -0.15) is 0 Å². The number of aliphatic imine (C=N–C) groups is 1. The Kier molecular flexibility index (Phi) is 9.88. The first-order chi connectivity index (χ1) is 14.2. The molecule has 0 aliphatic heterocycles. The first kappa shape index (κ1) is 23.9. The minimum atomic E-state index is -0.223. The highest BCUT2D eigenvalue weighted by Gasteiger charge is 2.05. The van der Waals surface area contributed by atoms with Crippen LogP contribution in [0.4, 0.5) is 4.39 Å². The summed E-state index contributed by atoms with van der Waals surface area (Å²) in [5, 5.41) is 7.51. The van der Waals surface area contributed by atoms with Gasteiger partial charge >= 0.3 is 0 Å². The third-order valence-electron chi connectivity index (χ3n) is 4.58. The molecule has 6 nitrogen and oxygen atoms in total. The summed E-state index contributed by atoms with van der Waals surface area (Å²) in [7, 11) is 3.39. The summed E-state index contributed by atoms with van der Waals surface area (Å²) in [4.78, 5) is 7.43. The van der Waals surface area contributed by atoms with Crippen LogP contribution in [0.5, 0.6) is 5.75 Å². The minimum Gasteiger partial charge on any atom is -0.491 e. The maximum absolute atomic E-state index is 13.5. The highest BCUT2D eigenvalue weighted by atomic mass is 127. The van der Waals surface area contributed by atoms with Gasteiger partial charge in [-0.25, -0.2) is 4.39 Å². The van der Waals surface area contributed by atoms with E-state index in [1.807, 2.05) is 30.5 Å². The van der Waals surface area contributed by atoms with E-state index in [2.05, 4.69) is 20.6 Å². The van der Waals surface area contributed by atoms with Crippen LogP contribution in [0.3, 0.4) is 0 Å². The highest BCUT2D eigenvalue weighted by molar-refractivity contribution is 14.0. The molecule has 8 heteroatoms. The lowest BCUT2D eigenvalue weighted by molar-refractivity contribution is 0.146. The van der Waals surface area contributed by atoms with Crippen LogP contribution < -0.4 is 15.4 Å². The summed E-state index contributed by atoms with van der Waals surface area (Å²) in [6, 6.07) is 12.7. The van der Waals surface area contributed by atoms with Crippen LogP contribution in [0, 0.1) is 5.82 Å². The molecule has 30 heavy (non-hydrogen) atoms. The maximum Gasteiger partial charge on any atom is 0.191 e. The predicted octanol–water partition coefficient (Wildman–Crippen LogP) is 3.86. The van der Waals surface area contributed by atoms with E-state index < -0.39 is 0 Å². The predicted molar refractivity (Wildman–Crippen MR) is 129 cm³/mol. The van der Waals surface area contributed by atoms with Crippen molar-refractivity contribution in [1.29, 1.82) is 0 Å². The Morgan fingerprint density at radius 1 is 1.10 bits per heavy atom. The average Bonchev–Trinajstić information content (AvgIpc) is 3.13. The van der Waals surface area contributed by atoms with E-state index in [0.717, 1.165) is 40.2 Å². The number of ether oxygens (including phenoxy) is 2. The third kappa shape index (κ3) is 6.88. The quantitative estimate of drug-likeness (QED) is 0.172. The molecule has 0 amide bonds. The Balaban J connectivity index is 0.00000320. The van der Waals surface area contributed by atoms with Gasteiger partial charge in [0.15, 0.2) is 5.96 Å². The van der Waals surface area contributed by atoms with E-state index >= 15 is 0 Å². The Morgan fingerprint density at radius 3 is 2.63 bits per heavy atom. The van der Waals surface area contributed by atoms with Crippen molar-refractivity contribution >= 4 is 40.8 Å². The molecule has 0 aliphatic carbocycles. The second-order valence-electron chi connectivity index (χ2n) is 6.59. The van der Waals surface area contributed by atoms with Gasteiger partial charge in [0, 0.05) is 44.3 Å². The Hall–Kier alpha value is -2.33. The van der Waals surface area contributed by atoms with Crippen molar-refractivity contribution < 1.29 is 13.9 Å². The first-order valence-electron chi connectivity index (χ1n) is 9.60. The summed E-state index contributed by atoms with van der Waals surface area (Å²) < 4.78 is 24.0. The molecule has 0 unspecified atom stereocenters. The fourth-order valence-corrected chi connectivity index (χ4v) is 3.03. The number of hydrogen-bond acceptors (Lipinski definition) is 3. The van der Waals surface area contributed by atoms with Crippen LogP contribution in [-0.2, 0) is 17.7 Å². The number of aromatic nitrogens is 1. The van der Waals surface area contributed by atoms with Gasteiger partial charge in [0.1, 0.15) is 18.2 Å². The molecule has 1 heterocycles. The van der Waals surface area contributed by atoms with Crippen molar-refractivity contribution in [3.05, 3.63) is 65.6 Å². The number of halogens is 2. The van der Waals surface area contributed by atoms with E-state index in [-0.39, 0.29) is 29.8 Å². The number of rotatable bonds is 9. The monoisotopic (exact) mass is 526 g/mol. The molecule has 0 spiro atoms. The zero-order chi connectivity index (χ0) is 20.5. The summed E-state index contributed by atoms with van der Waals surface area (Å²) in [6.45, 7) is 2.44. The number of methoxy groups -OCH3 is 1. The molecule has 162 valence electrons. The smallest absolute Gasteiger partial charge is 0.191 e. The lowest BCUT2D eigenvalue weighted by Crippen LogP contribution is -2.37. The molecular formula is C22H28FIN4O2. The Bertz CT molecular complexity index is 944. The molecule has 3 N–H and O–H groups in total. The summed E-state index contributed by atoms with van der Waals surface area (Å²) in [6.07, 6.45) is 2.69. The summed E-state index contributed by atoms with van der Waals surface area (Å²) >= 11 is 0. The van der Waals surface area contributed by atoms with E-state index in [4.69, 9.17) is 9.47 Å². The van der Waals surface area contributed by atoms with Crippen LogP contribution in [-0.4, -0.2) is 44.9 Å². The first-order valence-corrected chi connectivity index (χ1v) is 9.60. The van der Waals surface area contributed by atoms with Gasteiger partial charge in [0.05, 0.1) is 6.61 Å². The molecule has 0 fully saturated rings. The number of nitrogens with one attached hydrogen (secondary N) is 3. The minimum absolute atomic E-state index is 0. The molecule has 1 aromatic heterocycles. The molecule has 0 atom stereocenters. The number of aromatic amines is 1. The second kappa shape index (κ2) is 12.4. The van der Waals surface area contributed by atoms with Crippen molar-refractivity contribution in [1.82, 2.24) is 15.6 Å². The van der Waals surface area contributed by atoms with E-state index in [9.17, 15) is 4.39 Å². The number of nitrogens with zero attached hydrogens (tertiary/aromatic N) is 1. The molecule has 3 aromatic rings. The molecule has 0 bridgehead atoms. The van der Waals surface area contributed by atoms with Crippen molar-refractivity contribution in [3.8, 4) is 5.75 Å². The van der Waals surface area contributed by atoms with Crippen LogP contribution in [0.15, 0.2) is 53.7 Å². The van der Waals surface area contributed by atoms with Gasteiger partial charge in [-0.05, 0) is 47.9 Å². The molecule has 0 saturated carbocycles. The van der Waals surface area contributed by atoms with Crippen molar-refractivity contribution in [2.24, 2.45) is 4.99 Å². The fourth-order valence-electron chi connectivity index (χ4n) is 3.03. The number of H-pyrrole nitrogens is 1. The molecule has 0 radical (unpaired) electrons. The average molecular weight is 526 g/mol. The largest absolute Gasteiger partial charge is 0.491 e. The topological polar surface area (TPSA) is 70.7 Å². The van der Waals surface area contributed by atoms with E-state index in [1.54, 1.807) is 26.3 Å². The summed E-state index contributed by atoms with van der Waals surface area (Å²) in [5.74, 6) is 1.32. The second-order valence-corrected chi connectivity index (χ2v) is 6.59. The SMILES string of the molecule is CN=C(NCCc1c[nH]c2ccc(F)cc12)NCc1ccc(OCCOC)cc1.I. The van der Waals surface area contributed by atoms with Gasteiger partial charge in [-0.15, -0.1) is 24.0 Å². The van der Waals surface area contributed by atoms with Gasteiger partial charge in [0.25, 0.3) is 0 Å². The zero-order valence-electron chi connectivity index (χ0n) is 17.2. The van der Waals surface area contributed by atoms with Crippen LogP contribution in [0.1, 0.15) is 11.1 Å². The van der Waals surface area contributed by atoms with Crippen LogP contribution >= 0.6 is 24.0 Å². The molecule has 0 aliphatic rings. The zero-order valence-corrected chi connectivity index (χ0v) is 19.5. The number of guanidine groups is 1. The molecule has 2 aromatic carbocycles. The van der Waals surface area contributed by atoms with Gasteiger partial charge < -0.3 is 25.1 Å². The van der Waals surface area contributed by atoms with E-state index in [0.29, 0.717) is 26.3 Å². The summed E-state index contributed by atoms with van der Waals surface area (Å²) in [5.41, 5.74) is 3.14.